The summed E-state index contributed by atoms with van der Waals surface area (Å²) in [6.07, 6.45) is 8.03. The smallest absolute Gasteiger partial charge is 0.0208 e. The zero-order chi connectivity index (χ0) is 9.97. The highest BCUT2D eigenvalue weighted by atomic mass is 127. The molecule has 0 nitrogen and oxygen atoms in total. The maximum Gasteiger partial charge on any atom is 0.0208 e. The Balaban J connectivity index is 2.33. The van der Waals surface area contributed by atoms with Crippen molar-refractivity contribution in [3.63, 3.8) is 0 Å². The molecule has 2 rings (SSSR count). The van der Waals surface area contributed by atoms with E-state index in [4.69, 9.17) is 0 Å². The van der Waals surface area contributed by atoms with Crippen LogP contribution in [0.25, 0.3) is 5.57 Å². The van der Waals surface area contributed by atoms with Crippen LogP contribution in [0, 0.1) is 9.49 Å². The quantitative estimate of drug-likeness (QED) is 0.679. The van der Waals surface area contributed by atoms with Crippen LogP contribution in [0.2, 0.25) is 0 Å². The van der Waals surface area contributed by atoms with Crippen LogP contribution in [0.15, 0.2) is 42.5 Å². The molecule has 1 heteroatoms. The fraction of sp³-hybridized carbons (Fsp3) is 0.231. The summed E-state index contributed by atoms with van der Waals surface area (Å²) in [6, 6.07) is 8.53. The van der Waals surface area contributed by atoms with E-state index in [1.54, 1.807) is 0 Å². The van der Waals surface area contributed by atoms with Crippen LogP contribution in [0.4, 0.5) is 0 Å². The normalized spacial score (nSPS) is 20.7. The lowest BCUT2D eigenvalue weighted by Crippen LogP contribution is -1.95. The molecule has 0 N–H and O–H groups in total. The number of hydrogen-bond acceptors (Lipinski definition) is 0. The van der Waals surface area contributed by atoms with Gasteiger partial charge in [0.25, 0.3) is 0 Å². The monoisotopic (exact) mass is 296 g/mol. The molecule has 0 aromatic heterocycles. The van der Waals surface area contributed by atoms with Gasteiger partial charge in [-0.05, 0) is 52.1 Å². The molecule has 1 aliphatic carbocycles. The predicted molar refractivity (Wildman–Crippen MR) is 70.1 cm³/mol. The Hall–Kier alpha value is -0.570. The van der Waals surface area contributed by atoms with Gasteiger partial charge in [-0.2, -0.15) is 0 Å². The Bertz CT molecular complexity index is 388. The van der Waals surface area contributed by atoms with Gasteiger partial charge in [-0.3, -0.25) is 0 Å². The van der Waals surface area contributed by atoms with Gasteiger partial charge in [-0.15, -0.1) is 0 Å². The second-order valence-electron chi connectivity index (χ2n) is 3.71. The summed E-state index contributed by atoms with van der Waals surface area (Å²) in [6.45, 7) is 2.25. The second-order valence-corrected chi connectivity index (χ2v) is 4.87. The van der Waals surface area contributed by atoms with Crippen molar-refractivity contribution in [3.05, 3.63) is 51.6 Å². The molecule has 0 fully saturated rings. The van der Waals surface area contributed by atoms with E-state index in [0.717, 1.165) is 6.42 Å². The minimum absolute atomic E-state index is 0.695. The Morgan fingerprint density at radius 3 is 2.71 bits per heavy atom. The molecule has 1 unspecified atom stereocenters. The molecular weight excluding hydrogens is 283 g/mol. The molecule has 72 valence electrons. The molecule has 0 saturated carbocycles. The highest BCUT2D eigenvalue weighted by Gasteiger charge is 2.07. The molecule has 1 atom stereocenters. The minimum atomic E-state index is 0.695. The summed E-state index contributed by atoms with van der Waals surface area (Å²) in [4.78, 5) is 0. The van der Waals surface area contributed by atoms with Crippen LogP contribution >= 0.6 is 22.6 Å². The summed E-state index contributed by atoms with van der Waals surface area (Å²) >= 11 is 2.39. The van der Waals surface area contributed by atoms with Gasteiger partial charge in [0, 0.05) is 3.57 Å². The molecule has 0 amide bonds. The molecule has 1 aliphatic rings. The van der Waals surface area contributed by atoms with E-state index in [2.05, 4.69) is 72.0 Å². The Morgan fingerprint density at radius 2 is 2.07 bits per heavy atom. The number of rotatable bonds is 1. The minimum Gasteiger partial charge on any atom is -0.0808 e. The third-order valence-corrected chi connectivity index (χ3v) is 3.44. The van der Waals surface area contributed by atoms with Crippen molar-refractivity contribution in [1.82, 2.24) is 0 Å². The van der Waals surface area contributed by atoms with Gasteiger partial charge in [-0.1, -0.05) is 43.4 Å². The van der Waals surface area contributed by atoms with Crippen molar-refractivity contribution in [2.75, 3.05) is 0 Å². The first kappa shape index (κ1) is 9.97. The van der Waals surface area contributed by atoms with E-state index in [0.29, 0.717) is 5.92 Å². The number of hydrogen-bond donors (Lipinski definition) is 0. The maximum atomic E-state index is 2.39. The van der Waals surface area contributed by atoms with E-state index in [9.17, 15) is 0 Å². The van der Waals surface area contributed by atoms with Gasteiger partial charge in [0.2, 0.25) is 0 Å². The fourth-order valence-electron chi connectivity index (χ4n) is 1.62. The Morgan fingerprint density at radius 1 is 1.29 bits per heavy atom. The molecule has 0 aliphatic heterocycles. The van der Waals surface area contributed by atoms with Crippen molar-refractivity contribution in [3.8, 4) is 0 Å². The summed E-state index contributed by atoms with van der Waals surface area (Å²) in [7, 11) is 0. The van der Waals surface area contributed by atoms with E-state index in [1.165, 1.54) is 14.7 Å². The topological polar surface area (TPSA) is 0 Å². The van der Waals surface area contributed by atoms with E-state index in [1.807, 2.05) is 0 Å². The summed E-state index contributed by atoms with van der Waals surface area (Å²) in [5.41, 5.74) is 2.73. The second kappa shape index (κ2) is 4.30. The van der Waals surface area contributed by atoms with Gasteiger partial charge < -0.3 is 0 Å². The first-order chi connectivity index (χ1) is 6.77. The predicted octanol–water partition coefficient (Wildman–Crippen LogP) is 4.27. The molecule has 1 aromatic rings. The Labute approximate surface area is 98.9 Å². The molecule has 0 bridgehead atoms. The molecule has 0 heterocycles. The first-order valence-corrected chi connectivity index (χ1v) is 5.98. The standard InChI is InChI=1S/C13H13I/c1-10-6-8-11(9-7-10)12-4-2-3-5-13(12)14/h2-6,8-10H,7H2,1H3. The van der Waals surface area contributed by atoms with Crippen LogP contribution in [-0.4, -0.2) is 0 Å². The highest BCUT2D eigenvalue weighted by Crippen LogP contribution is 2.26. The van der Waals surface area contributed by atoms with Gasteiger partial charge in [0.1, 0.15) is 0 Å². The fourth-order valence-corrected chi connectivity index (χ4v) is 2.32. The van der Waals surface area contributed by atoms with Crippen molar-refractivity contribution >= 4 is 28.2 Å². The number of allylic oxidation sites excluding steroid dienone is 4. The van der Waals surface area contributed by atoms with Gasteiger partial charge in [0.15, 0.2) is 0 Å². The van der Waals surface area contributed by atoms with E-state index in [-0.39, 0.29) is 0 Å². The molecule has 0 saturated heterocycles. The van der Waals surface area contributed by atoms with Crippen molar-refractivity contribution in [2.45, 2.75) is 13.3 Å². The van der Waals surface area contributed by atoms with Crippen molar-refractivity contribution in [1.29, 1.82) is 0 Å². The summed E-state index contributed by atoms with van der Waals surface area (Å²) < 4.78 is 1.33. The average molecular weight is 296 g/mol. The van der Waals surface area contributed by atoms with Crippen LogP contribution in [0.5, 0.6) is 0 Å². The lowest BCUT2D eigenvalue weighted by molar-refractivity contribution is 0.739. The molecule has 0 spiro atoms. The molecular formula is C13H13I. The largest absolute Gasteiger partial charge is 0.0808 e. The summed E-state index contributed by atoms with van der Waals surface area (Å²) in [5.74, 6) is 0.695. The number of benzene rings is 1. The SMILES string of the molecule is CC1C=CC(c2ccccc2I)=CC1. The van der Waals surface area contributed by atoms with Crippen LogP contribution in [0.3, 0.4) is 0 Å². The van der Waals surface area contributed by atoms with Crippen LogP contribution in [-0.2, 0) is 0 Å². The van der Waals surface area contributed by atoms with Gasteiger partial charge in [0.05, 0.1) is 0 Å². The maximum absolute atomic E-state index is 2.39. The lowest BCUT2D eigenvalue weighted by atomic mass is 9.94. The summed E-state index contributed by atoms with van der Waals surface area (Å²) in [5, 5.41) is 0. The third-order valence-electron chi connectivity index (χ3n) is 2.50. The number of halogens is 1. The zero-order valence-corrected chi connectivity index (χ0v) is 10.4. The molecule has 14 heavy (non-hydrogen) atoms. The third kappa shape index (κ3) is 2.08. The van der Waals surface area contributed by atoms with Crippen LogP contribution < -0.4 is 0 Å². The van der Waals surface area contributed by atoms with E-state index < -0.39 is 0 Å². The van der Waals surface area contributed by atoms with E-state index >= 15 is 0 Å². The molecule has 1 aromatic carbocycles. The molecule has 0 radical (unpaired) electrons. The average Bonchev–Trinajstić information content (AvgIpc) is 2.20. The van der Waals surface area contributed by atoms with Crippen molar-refractivity contribution in [2.24, 2.45) is 5.92 Å². The lowest BCUT2D eigenvalue weighted by Gasteiger charge is -2.12. The zero-order valence-electron chi connectivity index (χ0n) is 8.20. The first-order valence-electron chi connectivity index (χ1n) is 4.90. The van der Waals surface area contributed by atoms with Gasteiger partial charge >= 0.3 is 0 Å². The highest BCUT2D eigenvalue weighted by molar-refractivity contribution is 14.1. The Kier molecular flexibility index (Phi) is 3.06. The van der Waals surface area contributed by atoms with Crippen molar-refractivity contribution < 1.29 is 0 Å². The van der Waals surface area contributed by atoms with Gasteiger partial charge in [-0.25, -0.2) is 0 Å². The van der Waals surface area contributed by atoms with Crippen LogP contribution in [0.1, 0.15) is 18.9 Å².